The van der Waals surface area contributed by atoms with E-state index in [1.54, 1.807) is 0 Å². The summed E-state index contributed by atoms with van der Waals surface area (Å²) in [6.07, 6.45) is -4.71. The van der Waals surface area contributed by atoms with E-state index in [-0.39, 0.29) is 21.7 Å². The van der Waals surface area contributed by atoms with Gasteiger partial charge in [-0.2, -0.15) is 26.3 Å². The van der Waals surface area contributed by atoms with Crippen LogP contribution in [0.5, 0.6) is 0 Å². The highest BCUT2D eigenvalue weighted by molar-refractivity contribution is 8.00. The summed E-state index contributed by atoms with van der Waals surface area (Å²) in [5.41, 5.74) is -8.17. The van der Waals surface area contributed by atoms with Crippen LogP contribution in [-0.2, 0) is 20.8 Å². The van der Waals surface area contributed by atoms with Crippen molar-refractivity contribution < 1.29 is 44.5 Å². The van der Waals surface area contributed by atoms with Crippen molar-refractivity contribution in [1.29, 1.82) is 0 Å². The number of carbonyl (C=O) groups excluding carboxylic acids is 1. The normalized spacial score (nSPS) is 12.5. The van der Waals surface area contributed by atoms with Crippen LogP contribution in [0.3, 0.4) is 0 Å². The van der Waals surface area contributed by atoms with Gasteiger partial charge < -0.3 is 5.32 Å². The molecule has 0 aliphatic carbocycles. The molecule has 0 aliphatic rings. The molecule has 32 heavy (non-hydrogen) atoms. The van der Waals surface area contributed by atoms with Gasteiger partial charge in [0.1, 0.15) is 0 Å². The second-order valence-corrected chi connectivity index (χ2v) is 9.23. The fraction of sp³-hybridized carbons (Fsp3) is 0.188. The Morgan fingerprint density at radius 1 is 1.09 bits per heavy atom. The Labute approximate surface area is 184 Å². The summed E-state index contributed by atoms with van der Waals surface area (Å²) >= 11 is 6.19. The Morgan fingerprint density at radius 3 is 2.25 bits per heavy atom. The molecule has 1 amide bonds. The van der Waals surface area contributed by atoms with Crippen LogP contribution in [0.2, 0.25) is 5.02 Å². The average Bonchev–Trinajstić information content (AvgIpc) is 2.66. The zero-order valence-corrected chi connectivity index (χ0v) is 17.5. The number of nitro benzene ring substituents is 1. The van der Waals surface area contributed by atoms with Crippen molar-refractivity contribution in [3.05, 3.63) is 57.1 Å². The van der Waals surface area contributed by atoms with Gasteiger partial charge in [0, 0.05) is 6.07 Å². The smallest absolute Gasteiger partial charge is 0.324 e. The number of thioether (sulfide) groups is 1. The molecule has 174 valence electrons. The largest absolute Gasteiger partial charge is 0.501 e. The number of hydrogen-bond acceptors (Lipinski definition) is 6. The van der Waals surface area contributed by atoms with Crippen molar-refractivity contribution in [3.63, 3.8) is 0 Å². The molecule has 2 aromatic rings. The van der Waals surface area contributed by atoms with Crippen LogP contribution in [0, 0.1) is 10.1 Å². The van der Waals surface area contributed by atoms with Crippen LogP contribution in [-0.4, -0.2) is 30.5 Å². The Balaban J connectivity index is 2.22. The van der Waals surface area contributed by atoms with E-state index in [0.29, 0.717) is 36.0 Å². The topological polar surface area (TPSA) is 106 Å². The second-order valence-electron chi connectivity index (χ2n) is 5.87. The molecule has 0 aromatic heterocycles. The number of amides is 1. The highest BCUT2D eigenvalue weighted by Gasteiger charge is 2.47. The number of rotatable bonds is 6. The zero-order chi connectivity index (χ0) is 24.5. The predicted molar refractivity (Wildman–Crippen MR) is 102 cm³/mol. The summed E-state index contributed by atoms with van der Waals surface area (Å²) in [5.74, 6) is -1.55. The molecule has 16 heteroatoms. The lowest BCUT2D eigenvalue weighted by molar-refractivity contribution is -0.388. The van der Waals surface area contributed by atoms with E-state index in [4.69, 9.17) is 11.6 Å². The lowest BCUT2D eigenvalue weighted by atomic mass is 10.2. The molecule has 0 bridgehead atoms. The van der Waals surface area contributed by atoms with Crippen LogP contribution >= 0.6 is 23.4 Å². The highest BCUT2D eigenvalue weighted by atomic mass is 35.5. The van der Waals surface area contributed by atoms with Gasteiger partial charge in [0.15, 0.2) is 0 Å². The summed E-state index contributed by atoms with van der Waals surface area (Å²) < 4.78 is 99.1. The number of hydrogen-bond donors (Lipinski definition) is 1. The van der Waals surface area contributed by atoms with Gasteiger partial charge in [-0.25, -0.2) is 8.42 Å². The van der Waals surface area contributed by atoms with E-state index >= 15 is 0 Å². The molecule has 0 saturated heterocycles. The monoisotopic (exact) mass is 522 g/mol. The molecule has 0 fully saturated rings. The fourth-order valence-electron chi connectivity index (χ4n) is 2.19. The first kappa shape index (κ1) is 25.7. The Hall–Kier alpha value is -2.52. The van der Waals surface area contributed by atoms with Crippen LogP contribution in [0.4, 0.5) is 37.7 Å². The lowest BCUT2D eigenvalue weighted by Crippen LogP contribution is -2.23. The first-order chi connectivity index (χ1) is 14.5. The maximum absolute atomic E-state index is 12.8. The maximum Gasteiger partial charge on any atom is 0.501 e. The molecule has 7 nitrogen and oxygen atoms in total. The third kappa shape index (κ3) is 5.83. The van der Waals surface area contributed by atoms with E-state index < -0.39 is 54.3 Å². The number of halogens is 7. The van der Waals surface area contributed by atoms with Crippen LogP contribution in [0.1, 0.15) is 5.56 Å². The molecule has 2 aromatic carbocycles. The second kappa shape index (κ2) is 9.15. The summed E-state index contributed by atoms with van der Waals surface area (Å²) in [5, 5.41) is 13.0. The van der Waals surface area contributed by atoms with Gasteiger partial charge in [-0.05, 0) is 30.3 Å². The van der Waals surface area contributed by atoms with Crippen molar-refractivity contribution in [3.8, 4) is 0 Å². The Morgan fingerprint density at radius 2 is 1.72 bits per heavy atom. The molecule has 0 heterocycles. The number of carbonyl (C=O) groups is 1. The minimum atomic E-state index is -5.84. The minimum Gasteiger partial charge on any atom is -0.324 e. The third-order valence-corrected chi connectivity index (χ3v) is 6.54. The average molecular weight is 523 g/mol. The molecule has 0 unspecified atom stereocenters. The SMILES string of the molecule is O=C(CSc1ccc(S(=O)(=O)C(F)(F)F)cc1[N+](=O)[O-])Nc1cc(C(F)(F)F)ccc1Cl. The van der Waals surface area contributed by atoms with Crippen molar-refractivity contribution in [1.82, 2.24) is 0 Å². The standard InChI is InChI=1S/C16H9ClF6N2O5S2/c17-10-3-1-8(15(18,19)20)5-11(10)24-14(26)7-31-13-4-2-9(6-12(13)25(27)28)32(29,30)16(21,22)23/h1-6H,7H2,(H,24,26). The van der Waals surface area contributed by atoms with E-state index in [1.165, 1.54) is 0 Å². The molecule has 2 rings (SSSR count). The molecule has 0 radical (unpaired) electrons. The lowest BCUT2D eigenvalue weighted by Gasteiger charge is -2.12. The molecule has 0 aliphatic heterocycles. The Bertz CT molecular complexity index is 1170. The van der Waals surface area contributed by atoms with Crippen molar-refractivity contribution in [2.24, 2.45) is 0 Å². The van der Waals surface area contributed by atoms with Crippen LogP contribution in [0.25, 0.3) is 0 Å². The molecule has 1 N–H and O–H groups in total. The summed E-state index contributed by atoms with van der Waals surface area (Å²) in [7, 11) is -5.84. The maximum atomic E-state index is 12.8. The number of benzene rings is 2. The van der Waals surface area contributed by atoms with Gasteiger partial charge in [0.25, 0.3) is 15.5 Å². The number of nitrogens with one attached hydrogen (secondary N) is 1. The number of nitro groups is 1. The zero-order valence-electron chi connectivity index (χ0n) is 15.1. The molecular formula is C16H9ClF6N2O5S2. The van der Waals surface area contributed by atoms with Gasteiger partial charge in [-0.1, -0.05) is 11.6 Å². The summed E-state index contributed by atoms with van der Waals surface area (Å²) in [6.45, 7) is 0. The number of anilines is 1. The van der Waals surface area contributed by atoms with Crippen LogP contribution in [0.15, 0.2) is 46.2 Å². The number of nitrogens with zero attached hydrogens (tertiary/aromatic N) is 1. The van der Waals surface area contributed by atoms with Gasteiger partial charge >= 0.3 is 11.7 Å². The van der Waals surface area contributed by atoms with Crippen molar-refractivity contribution >= 4 is 50.5 Å². The predicted octanol–water partition coefficient (Wildman–Crippen LogP) is 5.29. The molecule has 0 atom stereocenters. The van der Waals surface area contributed by atoms with Gasteiger partial charge in [-0.3, -0.25) is 14.9 Å². The summed E-state index contributed by atoms with van der Waals surface area (Å²) in [6, 6.07) is 3.56. The van der Waals surface area contributed by atoms with Crippen LogP contribution < -0.4 is 5.32 Å². The number of alkyl halides is 6. The summed E-state index contributed by atoms with van der Waals surface area (Å²) in [4.78, 5) is 20.4. The van der Waals surface area contributed by atoms with Gasteiger partial charge in [-0.15, -0.1) is 11.8 Å². The fourth-order valence-corrected chi connectivity index (χ4v) is 3.94. The molecule has 0 spiro atoms. The van der Waals surface area contributed by atoms with Crippen molar-refractivity contribution in [2.45, 2.75) is 21.5 Å². The van der Waals surface area contributed by atoms with E-state index in [2.05, 4.69) is 5.32 Å². The van der Waals surface area contributed by atoms with Gasteiger partial charge in [0.05, 0.1) is 36.7 Å². The van der Waals surface area contributed by atoms with E-state index in [1.807, 2.05) is 0 Å². The first-order valence-electron chi connectivity index (χ1n) is 7.93. The van der Waals surface area contributed by atoms with Gasteiger partial charge in [0.2, 0.25) is 5.91 Å². The Kier molecular flexibility index (Phi) is 7.36. The third-order valence-electron chi connectivity index (χ3n) is 3.67. The first-order valence-corrected chi connectivity index (χ1v) is 10.8. The highest BCUT2D eigenvalue weighted by Crippen LogP contribution is 2.37. The van der Waals surface area contributed by atoms with E-state index in [0.717, 1.165) is 6.07 Å². The molecule has 0 saturated carbocycles. The molecular weight excluding hydrogens is 514 g/mol. The quantitative estimate of drug-likeness (QED) is 0.239. The van der Waals surface area contributed by atoms with E-state index in [9.17, 15) is 49.7 Å². The minimum absolute atomic E-state index is 0.201. The number of sulfone groups is 1. The van der Waals surface area contributed by atoms with Crippen molar-refractivity contribution in [2.75, 3.05) is 11.1 Å².